The molecule has 9 heteroatoms. The number of nitriles is 1. The first kappa shape index (κ1) is 31.3. The molecule has 4 aromatic rings. The molecule has 2 amide bonds. The molecule has 0 bridgehead atoms. The van der Waals surface area contributed by atoms with Gasteiger partial charge in [0.1, 0.15) is 24.5 Å². The average Bonchev–Trinajstić information content (AvgIpc) is 3.09. The summed E-state index contributed by atoms with van der Waals surface area (Å²) in [5, 5.41) is 18.3. The van der Waals surface area contributed by atoms with E-state index >= 15 is 0 Å². The molecule has 1 unspecified atom stereocenters. The largest absolute Gasteiger partial charge is 0.491 e. The number of benzene rings is 4. The highest BCUT2D eigenvalue weighted by Gasteiger charge is 2.33. The van der Waals surface area contributed by atoms with Gasteiger partial charge in [-0.3, -0.25) is 4.79 Å². The van der Waals surface area contributed by atoms with Crippen molar-refractivity contribution in [1.29, 1.82) is 5.26 Å². The van der Waals surface area contributed by atoms with Crippen LogP contribution in [0.5, 0.6) is 5.75 Å². The minimum absolute atomic E-state index is 0.156. The quantitative estimate of drug-likeness (QED) is 0.220. The number of para-hydroxylation sites is 1. The van der Waals surface area contributed by atoms with Crippen LogP contribution in [0.2, 0.25) is 0 Å². The Hall–Kier alpha value is -5.17. The number of anilines is 1. The number of carbonyl (C=O) groups excluding carboxylic acids is 2. The van der Waals surface area contributed by atoms with Crippen molar-refractivity contribution < 1.29 is 23.8 Å². The highest BCUT2D eigenvalue weighted by Crippen LogP contribution is 2.30. The first-order valence-electron chi connectivity index (χ1n) is 14.9. The summed E-state index contributed by atoms with van der Waals surface area (Å²) < 4.78 is 17.2. The lowest BCUT2D eigenvalue weighted by Gasteiger charge is -2.31. The van der Waals surface area contributed by atoms with Crippen molar-refractivity contribution in [2.75, 3.05) is 32.1 Å². The second kappa shape index (κ2) is 15.5. The summed E-state index contributed by atoms with van der Waals surface area (Å²) in [6.07, 6.45) is -0.479. The molecule has 3 atom stereocenters. The summed E-state index contributed by atoms with van der Waals surface area (Å²) in [6, 6.07) is 35.0. The molecule has 3 N–H and O–H groups in total. The van der Waals surface area contributed by atoms with E-state index in [1.165, 1.54) is 7.11 Å². The zero-order valence-corrected chi connectivity index (χ0v) is 25.0. The van der Waals surface area contributed by atoms with Crippen molar-refractivity contribution in [1.82, 2.24) is 10.6 Å². The second-order valence-electron chi connectivity index (χ2n) is 10.7. The van der Waals surface area contributed by atoms with Gasteiger partial charge in [-0.1, -0.05) is 78.9 Å². The molecule has 230 valence electrons. The summed E-state index contributed by atoms with van der Waals surface area (Å²) in [6.45, 7) is 1.65. The lowest BCUT2D eigenvalue weighted by molar-refractivity contribution is -0.118. The third-order valence-electron chi connectivity index (χ3n) is 7.66. The van der Waals surface area contributed by atoms with E-state index < -0.39 is 18.1 Å². The van der Waals surface area contributed by atoms with E-state index in [-0.39, 0.29) is 18.1 Å². The molecule has 1 fully saturated rings. The number of amides is 2. The van der Waals surface area contributed by atoms with Gasteiger partial charge in [0.05, 0.1) is 24.8 Å². The predicted octanol–water partition coefficient (Wildman–Crippen LogP) is 5.03. The van der Waals surface area contributed by atoms with E-state index in [0.717, 1.165) is 16.7 Å². The van der Waals surface area contributed by atoms with Gasteiger partial charge >= 0.3 is 6.09 Å². The average molecular weight is 605 g/mol. The van der Waals surface area contributed by atoms with Gasteiger partial charge in [0, 0.05) is 31.1 Å². The Bertz CT molecular complexity index is 1550. The van der Waals surface area contributed by atoms with E-state index in [9.17, 15) is 9.59 Å². The fraction of sp³-hybridized carbons (Fsp3) is 0.250. The predicted molar refractivity (Wildman–Crippen MR) is 171 cm³/mol. The third-order valence-corrected chi connectivity index (χ3v) is 7.66. The van der Waals surface area contributed by atoms with Crippen LogP contribution < -0.4 is 20.7 Å². The minimum atomic E-state index is -0.966. The first-order valence-corrected chi connectivity index (χ1v) is 14.9. The van der Waals surface area contributed by atoms with Crippen molar-refractivity contribution in [2.24, 2.45) is 0 Å². The van der Waals surface area contributed by atoms with Gasteiger partial charge in [0.25, 0.3) is 0 Å². The standard InChI is InChI=1S/C36H36N4O5/c1-43-36(42)40-34(33(26-10-4-2-5-11-26)27-12-6-3-7-13-27)35(41)39-32-15-9-8-14-28(32)20-30-22-38-23-31(45-30)24-44-29-18-16-25(21-37)17-19-29/h2-19,30-31,33-34,38H,20,22-24H2,1H3,(H,39,41)(H,40,42)/t30-,31-,34?/m0/s1. The highest BCUT2D eigenvalue weighted by atomic mass is 16.5. The van der Waals surface area contributed by atoms with E-state index in [1.54, 1.807) is 24.3 Å². The number of ether oxygens (including phenoxy) is 3. The van der Waals surface area contributed by atoms with Crippen LogP contribution in [0.3, 0.4) is 0 Å². The number of carbonyl (C=O) groups is 2. The summed E-state index contributed by atoms with van der Waals surface area (Å²) >= 11 is 0. The van der Waals surface area contributed by atoms with Gasteiger partial charge in [-0.15, -0.1) is 0 Å². The van der Waals surface area contributed by atoms with Crippen LogP contribution in [-0.4, -0.2) is 57.1 Å². The molecule has 5 rings (SSSR count). The van der Waals surface area contributed by atoms with Crippen LogP contribution in [0.4, 0.5) is 10.5 Å². The summed E-state index contributed by atoms with van der Waals surface area (Å²) in [4.78, 5) is 26.6. The second-order valence-corrected chi connectivity index (χ2v) is 10.7. The molecule has 1 saturated heterocycles. The Balaban J connectivity index is 1.31. The van der Waals surface area contributed by atoms with Crippen LogP contribution in [-0.2, 0) is 20.7 Å². The maximum Gasteiger partial charge on any atom is 0.407 e. The molecule has 1 aliphatic rings. The normalized spacial score (nSPS) is 16.6. The Morgan fingerprint density at radius 2 is 1.51 bits per heavy atom. The molecular formula is C36H36N4O5. The molecule has 45 heavy (non-hydrogen) atoms. The highest BCUT2D eigenvalue weighted by molar-refractivity contribution is 5.98. The number of nitrogens with one attached hydrogen (secondary N) is 3. The molecule has 0 saturated carbocycles. The smallest absolute Gasteiger partial charge is 0.407 e. The number of alkyl carbamates (subject to hydrolysis) is 1. The fourth-order valence-corrected chi connectivity index (χ4v) is 5.47. The van der Waals surface area contributed by atoms with Crippen molar-refractivity contribution in [2.45, 2.75) is 30.6 Å². The fourth-order valence-electron chi connectivity index (χ4n) is 5.47. The van der Waals surface area contributed by atoms with Crippen molar-refractivity contribution in [3.63, 3.8) is 0 Å². The first-order chi connectivity index (χ1) is 22.0. The van der Waals surface area contributed by atoms with Gasteiger partial charge in [-0.05, 0) is 47.0 Å². The zero-order valence-electron chi connectivity index (χ0n) is 25.0. The van der Waals surface area contributed by atoms with Gasteiger partial charge in [-0.25, -0.2) is 4.79 Å². The maximum absolute atomic E-state index is 14.0. The Labute approximate surface area is 263 Å². The van der Waals surface area contributed by atoms with Gasteiger partial charge < -0.3 is 30.2 Å². The Morgan fingerprint density at radius 1 is 0.889 bits per heavy atom. The van der Waals surface area contributed by atoms with Crippen molar-refractivity contribution >= 4 is 17.7 Å². The molecular weight excluding hydrogens is 568 g/mol. The van der Waals surface area contributed by atoms with Crippen LogP contribution >= 0.6 is 0 Å². The number of rotatable bonds is 11. The Kier molecular flexibility index (Phi) is 10.8. The van der Waals surface area contributed by atoms with E-state index in [4.69, 9.17) is 19.5 Å². The van der Waals surface area contributed by atoms with Crippen LogP contribution in [0.25, 0.3) is 0 Å². The zero-order chi connectivity index (χ0) is 31.4. The van der Waals surface area contributed by atoms with Gasteiger partial charge in [0.15, 0.2) is 0 Å². The van der Waals surface area contributed by atoms with E-state index in [2.05, 4.69) is 22.0 Å². The summed E-state index contributed by atoms with van der Waals surface area (Å²) in [7, 11) is 1.28. The molecule has 1 heterocycles. The molecule has 4 aromatic carbocycles. The maximum atomic E-state index is 14.0. The lowest BCUT2D eigenvalue weighted by atomic mass is 9.84. The summed E-state index contributed by atoms with van der Waals surface area (Å²) in [5.41, 5.74) is 3.87. The lowest BCUT2D eigenvalue weighted by Crippen LogP contribution is -2.48. The molecule has 1 aliphatic heterocycles. The number of hydrogen-bond donors (Lipinski definition) is 3. The minimum Gasteiger partial charge on any atom is -0.491 e. The molecule has 0 aromatic heterocycles. The SMILES string of the molecule is COC(=O)NC(C(=O)Nc1ccccc1C[C@H]1CNC[C@@H](COc2ccc(C#N)cc2)O1)C(c1ccccc1)c1ccccc1. The van der Waals surface area contributed by atoms with Crippen LogP contribution in [0.1, 0.15) is 28.2 Å². The Morgan fingerprint density at radius 3 is 2.16 bits per heavy atom. The van der Waals surface area contributed by atoms with Crippen LogP contribution in [0.15, 0.2) is 109 Å². The summed E-state index contributed by atoms with van der Waals surface area (Å²) in [5.74, 6) is -0.171. The third kappa shape index (κ3) is 8.48. The van der Waals surface area contributed by atoms with Crippen LogP contribution in [0, 0.1) is 11.3 Å². The molecule has 0 spiro atoms. The number of hydrogen-bond acceptors (Lipinski definition) is 7. The van der Waals surface area contributed by atoms with Crippen molar-refractivity contribution in [3.8, 4) is 11.8 Å². The molecule has 0 aliphatic carbocycles. The van der Waals surface area contributed by atoms with E-state index in [0.29, 0.717) is 43.1 Å². The number of nitrogens with zero attached hydrogens (tertiary/aromatic N) is 1. The van der Waals surface area contributed by atoms with Gasteiger partial charge in [0.2, 0.25) is 5.91 Å². The number of morpholine rings is 1. The topological polar surface area (TPSA) is 122 Å². The molecule has 0 radical (unpaired) electrons. The number of methoxy groups -OCH3 is 1. The van der Waals surface area contributed by atoms with E-state index in [1.807, 2.05) is 84.9 Å². The molecule has 9 nitrogen and oxygen atoms in total. The van der Waals surface area contributed by atoms with Crippen molar-refractivity contribution in [3.05, 3.63) is 131 Å². The van der Waals surface area contributed by atoms with Gasteiger partial charge in [-0.2, -0.15) is 5.26 Å². The monoisotopic (exact) mass is 604 g/mol.